The lowest BCUT2D eigenvalue weighted by Crippen LogP contribution is -2.69. The zero-order valence-electron chi connectivity index (χ0n) is 26.2. The van der Waals surface area contributed by atoms with Crippen molar-refractivity contribution in [3.8, 4) is 0 Å². The molecule has 4 heterocycles. The first kappa shape index (κ1) is 33.1. The highest BCUT2D eigenvalue weighted by molar-refractivity contribution is 6.38. The minimum absolute atomic E-state index is 0.0730. The molecule has 250 valence electrons. The van der Waals surface area contributed by atoms with Crippen molar-refractivity contribution in [3.05, 3.63) is 0 Å². The highest BCUT2D eigenvalue weighted by atomic mass is 19.4. The molecule has 45 heavy (non-hydrogen) atoms. The molecule has 5 aliphatic rings. The Labute approximate surface area is 259 Å². The second kappa shape index (κ2) is 11.2. The number of alkyl halides is 3. The molecule has 5 amide bonds. The van der Waals surface area contributed by atoms with Gasteiger partial charge in [-0.15, -0.1) is 0 Å². The number of hydrogen-bond acceptors (Lipinski definition) is 7. The minimum atomic E-state index is -5.22. The highest BCUT2D eigenvalue weighted by Gasteiger charge is 2.70. The van der Waals surface area contributed by atoms with E-state index in [1.165, 1.54) is 30.6 Å². The molecule has 0 aromatic heterocycles. The van der Waals surface area contributed by atoms with E-state index in [1.807, 2.05) is 19.2 Å². The van der Waals surface area contributed by atoms with E-state index in [1.54, 1.807) is 0 Å². The molecule has 0 bridgehead atoms. The van der Waals surface area contributed by atoms with Crippen molar-refractivity contribution in [3.63, 3.8) is 0 Å². The van der Waals surface area contributed by atoms with Crippen LogP contribution in [-0.2, 0) is 33.5 Å². The number of rotatable bonds is 8. The van der Waals surface area contributed by atoms with Gasteiger partial charge >= 0.3 is 12.1 Å². The van der Waals surface area contributed by atoms with E-state index in [0.29, 0.717) is 45.7 Å². The van der Waals surface area contributed by atoms with Crippen molar-refractivity contribution < 1.29 is 46.7 Å². The Balaban J connectivity index is 1.37. The second-order valence-corrected chi connectivity index (χ2v) is 15.1. The molecular formula is C30H42F3N5O7. The Morgan fingerprint density at radius 2 is 1.71 bits per heavy atom. The van der Waals surface area contributed by atoms with Gasteiger partial charge in [0, 0.05) is 32.1 Å². The number of nitrogens with one attached hydrogen (secondary N) is 3. The van der Waals surface area contributed by atoms with Crippen LogP contribution in [0.3, 0.4) is 0 Å². The number of halogens is 3. The predicted octanol–water partition coefficient (Wildman–Crippen LogP) is 0.392. The predicted molar refractivity (Wildman–Crippen MR) is 151 cm³/mol. The number of piperidine rings is 2. The average Bonchev–Trinajstić information content (AvgIpc) is 3.21. The number of ether oxygens (including phenoxy) is 1. The first-order valence-corrected chi connectivity index (χ1v) is 15.4. The fourth-order valence-corrected chi connectivity index (χ4v) is 7.46. The molecule has 15 heteroatoms. The lowest BCUT2D eigenvalue weighted by atomic mass is 9.77. The van der Waals surface area contributed by atoms with Gasteiger partial charge in [0.1, 0.15) is 12.1 Å². The third-order valence-corrected chi connectivity index (χ3v) is 10.3. The normalized spacial score (nSPS) is 29.4. The van der Waals surface area contributed by atoms with E-state index in [-0.39, 0.29) is 41.5 Å². The summed E-state index contributed by atoms with van der Waals surface area (Å²) in [5.74, 6) is -6.91. The molecule has 3 N–H and O–H groups in total. The molecule has 4 saturated heterocycles. The van der Waals surface area contributed by atoms with E-state index in [4.69, 9.17) is 4.74 Å². The van der Waals surface area contributed by atoms with Gasteiger partial charge in [0.25, 0.3) is 5.91 Å². The molecule has 2 unspecified atom stereocenters. The number of Topliss-reactive ketones (excluding diaryl/α,β-unsaturated/α-hetero) is 1. The Morgan fingerprint density at radius 1 is 1.07 bits per heavy atom. The monoisotopic (exact) mass is 641 g/mol. The van der Waals surface area contributed by atoms with Crippen LogP contribution in [0.1, 0.15) is 53.9 Å². The summed E-state index contributed by atoms with van der Waals surface area (Å²) in [7, 11) is 0. The maximum atomic E-state index is 14.0. The Hall–Kier alpha value is -3.23. The summed E-state index contributed by atoms with van der Waals surface area (Å²) in [5, 5.41) is 7.24. The molecular weight excluding hydrogens is 599 g/mol. The summed E-state index contributed by atoms with van der Waals surface area (Å²) in [6, 6.07) is -4.11. The molecule has 1 saturated carbocycles. The maximum absolute atomic E-state index is 14.0. The maximum Gasteiger partial charge on any atom is 0.471 e. The number of fused-ring (bicyclic) bond motifs is 1. The molecule has 5 rings (SSSR count). The van der Waals surface area contributed by atoms with Gasteiger partial charge < -0.3 is 30.5 Å². The molecule has 1 spiro atoms. The third kappa shape index (κ3) is 6.16. The van der Waals surface area contributed by atoms with E-state index < -0.39 is 65.0 Å². The highest BCUT2D eigenvalue weighted by Crippen LogP contribution is 2.65. The number of carbonyl (C=O) groups is 6. The van der Waals surface area contributed by atoms with Gasteiger partial charge in [0.2, 0.25) is 23.5 Å². The van der Waals surface area contributed by atoms with Crippen LogP contribution in [0.4, 0.5) is 13.2 Å². The molecule has 5 fully saturated rings. The number of ketones is 1. The largest absolute Gasteiger partial charge is 0.471 e. The van der Waals surface area contributed by atoms with Gasteiger partial charge in [-0.25, -0.2) is 0 Å². The summed E-state index contributed by atoms with van der Waals surface area (Å²) in [6.45, 7) is 10.6. The smallest absolute Gasteiger partial charge is 0.380 e. The summed E-state index contributed by atoms with van der Waals surface area (Å²) < 4.78 is 44.8. The summed E-state index contributed by atoms with van der Waals surface area (Å²) in [5.41, 5.74) is -1.67. The number of carbonyl (C=O) groups excluding carboxylic acids is 6. The van der Waals surface area contributed by atoms with Crippen molar-refractivity contribution in [2.45, 2.75) is 78.2 Å². The van der Waals surface area contributed by atoms with Crippen molar-refractivity contribution in [1.82, 2.24) is 25.8 Å². The van der Waals surface area contributed by atoms with E-state index >= 15 is 0 Å². The summed E-state index contributed by atoms with van der Waals surface area (Å²) in [6.07, 6.45) is -4.21. The van der Waals surface area contributed by atoms with Crippen molar-refractivity contribution in [2.24, 2.45) is 34.0 Å². The molecule has 1 aliphatic carbocycles. The SMILES string of the molecule is CC(C)(C)C(NC(=O)C(F)(F)F)C(=O)N1C[C@H]2[C@@H]([C@H]1C(=O)NC(C[C@@H]1CCCNC1=O)C(=O)C(=O)N1CC3(COC3)C1)C2(C)C. The zero-order chi connectivity index (χ0) is 33.3. The molecule has 4 aliphatic heterocycles. The van der Waals surface area contributed by atoms with Crippen molar-refractivity contribution >= 4 is 35.3 Å². The van der Waals surface area contributed by atoms with Crippen molar-refractivity contribution in [2.75, 3.05) is 39.4 Å². The lowest BCUT2D eigenvalue weighted by Gasteiger charge is -2.54. The third-order valence-electron chi connectivity index (χ3n) is 10.3. The standard InChI is InChI=1S/C30H42F3N5O7/c1-27(2,3)21(36-26(44)30(31,32)33)25(43)38-10-16-18(28(16,4)5)19(38)23(41)35-17(9-15-7-6-8-34-22(15)40)20(39)24(42)37-11-29(12-37)13-45-14-29/h15-19,21H,6-14H2,1-5H3,(H,34,40)(H,35,41)(H,36,44)/t15-,16-,17?,18-,19-,21?/m0/s1. The van der Waals surface area contributed by atoms with Crippen LogP contribution in [-0.4, -0.2) is 109 Å². The summed E-state index contributed by atoms with van der Waals surface area (Å²) in [4.78, 5) is 81.8. The average molecular weight is 642 g/mol. The Bertz CT molecular complexity index is 1280. The number of amides is 5. The lowest BCUT2D eigenvalue weighted by molar-refractivity contribution is -0.195. The zero-order valence-corrected chi connectivity index (χ0v) is 26.2. The van der Waals surface area contributed by atoms with Gasteiger partial charge in [-0.1, -0.05) is 34.6 Å². The first-order chi connectivity index (χ1) is 20.8. The molecule has 0 aromatic rings. The van der Waals surface area contributed by atoms with Crippen LogP contribution in [0.25, 0.3) is 0 Å². The topological polar surface area (TPSA) is 154 Å². The van der Waals surface area contributed by atoms with Crippen molar-refractivity contribution in [1.29, 1.82) is 0 Å². The number of nitrogens with zero attached hydrogens (tertiary/aromatic N) is 2. The summed E-state index contributed by atoms with van der Waals surface area (Å²) >= 11 is 0. The van der Waals surface area contributed by atoms with E-state index in [9.17, 15) is 41.9 Å². The number of likely N-dealkylation sites (tertiary alicyclic amines) is 2. The van der Waals surface area contributed by atoms with Gasteiger partial charge in [0.15, 0.2) is 0 Å². The first-order valence-electron chi connectivity index (χ1n) is 15.4. The van der Waals surface area contributed by atoms with Crippen LogP contribution in [0.2, 0.25) is 0 Å². The van der Waals surface area contributed by atoms with Crippen LogP contribution in [0.5, 0.6) is 0 Å². The number of hydrogen-bond donors (Lipinski definition) is 3. The minimum Gasteiger partial charge on any atom is -0.380 e. The fourth-order valence-electron chi connectivity index (χ4n) is 7.46. The van der Waals surface area contributed by atoms with E-state index in [0.717, 1.165) is 0 Å². The Morgan fingerprint density at radius 3 is 2.24 bits per heavy atom. The van der Waals surface area contributed by atoms with Crippen LogP contribution in [0.15, 0.2) is 0 Å². The second-order valence-electron chi connectivity index (χ2n) is 15.1. The fraction of sp³-hybridized carbons (Fsp3) is 0.800. The van der Waals surface area contributed by atoms with Gasteiger partial charge in [-0.05, 0) is 41.9 Å². The van der Waals surface area contributed by atoms with Gasteiger partial charge in [0.05, 0.1) is 24.7 Å². The molecule has 6 atom stereocenters. The van der Waals surface area contributed by atoms with Gasteiger partial charge in [-0.3, -0.25) is 28.8 Å². The molecule has 12 nitrogen and oxygen atoms in total. The van der Waals surface area contributed by atoms with Crippen LogP contribution >= 0.6 is 0 Å². The van der Waals surface area contributed by atoms with Crippen LogP contribution in [0, 0.1) is 34.0 Å². The van der Waals surface area contributed by atoms with Gasteiger partial charge in [-0.2, -0.15) is 13.2 Å². The van der Waals surface area contributed by atoms with Crippen LogP contribution < -0.4 is 16.0 Å². The molecule has 0 radical (unpaired) electrons. The quantitative estimate of drug-likeness (QED) is 0.324. The molecule has 0 aromatic carbocycles. The van der Waals surface area contributed by atoms with E-state index in [2.05, 4.69) is 10.6 Å². The Kier molecular flexibility index (Phi) is 8.27.